The Bertz CT molecular complexity index is 1280. The fraction of sp³-hybridized carbons (Fsp3) is 0.259. The second-order valence-corrected chi connectivity index (χ2v) is 8.53. The third kappa shape index (κ3) is 4.85. The second-order valence-electron chi connectivity index (χ2n) is 8.53. The summed E-state index contributed by atoms with van der Waals surface area (Å²) in [5.74, 6) is 1.50. The van der Waals surface area contributed by atoms with Gasteiger partial charge in [-0.05, 0) is 67.3 Å². The van der Waals surface area contributed by atoms with Crippen molar-refractivity contribution >= 4 is 11.6 Å². The maximum atomic E-state index is 13.4. The van der Waals surface area contributed by atoms with E-state index in [2.05, 4.69) is 11.9 Å². The van der Waals surface area contributed by atoms with Gasteiger partial charge in [-0.25, -0.2) is 4.98 Å². The number of fused-ring (bicyclic) bond motifs is 1. The number of ether oxygens (including phenoxy) is 2. The SMILES string of the molecule is COc1ccc(CN(C(=O)c2cccc(OCc3cn4cc(C)ccc4n3)c2)C2CC2)cc1. The van der Waals surface area contributed by atoms with Gasteiger partial charge < -0.3 is 18.8 Å². The van der Waals surface area contributed by atoms with Crippen LogP contribution in [0.4, 0.5) is 0 Å². The predicted molar refractivity (Wildman–Crippen MR) is 127 cm³/mol. The molecule has 5 rings (SSSR count). The zero-order valence-electron chi connectivity index (χ0n) is 18.9. The summed E-state index contributed by atoms with van der Waals surface area (Å²) >= 11 is 0. The van der Waals surface area contributed by atoms with Crippen LogP contribution in [0.15, 0.2) is 73.1 Å². The summed E-state index contributed by atoms with van der Waals surface area (Å²) in [6, 6.07) is 19.6. The number of carbonyl (C=O) groups excluding carboxylic acids is 1. The number of pyridine rings is 1. The van der Waals surface area contributed by atoms with E-state index in [1.54, 1.807) is 7.11 Å². The Morgan fingerprint density at radius 3 is 2.64 bits per heavy atom. The van der Waals surface area contributed by atoms with E-state index < -0.39 is 0 Å². The highest BCUT2D eigenvalue weighted by Gasteiger charge is 2.33. The maximum Gasteiger partial charge on any atom is 0.254 e. The summed E-state index contributed by atoms with van der Waals surface area (Å²) < 4.78 is 13.2. The maximum absolute atomic E-state index is 13.4. The molecule has 6 heteroatoms. The first kappa shape index (κ1) is 21.1. The van der Waals surface area contributed by atoms with Crippen LogP contribution in [0.2, 0.25) is 0 Å². The lowest BCUT2D eigenvalue weighted by Crippen LogP contribution is -2.32. The molecule has 33 heavy (non-hydrogen) atoms. The minimum atomic E-state index is 0.0296. The van der Waals surface area contributed by atoms with Crippen molar-refractivity contribution < 1.29 is 14.3 Å². The molecule has 0 unspecified atom stereocenters. The normalized spacial score (nSPS) is 13.2. The smallest absolute Gasteiger partial charge is 0.254 e. The molecule has 0 atom stereocenters. The molecule has 0 spiro atoms. The van der Waals surface area contributed by atoms with Crippen molar-refractivity contribution in [3.63, 3.8) is 0 Å². The molecule has 2 aromatic carbocycles. The van der Waals surface area contributed by atoms with Crippen molar-refractivity contribution in [1.29, 1.82) is 0 Å². The number of aryl methyl sites for hydroxylation is 1. The van der Waals surface area contributed by atoms with Gasteiger partial charge in [0.25, 0.3) is 5.91 Å². The summed E-state index contributed by atoms with van der Waals surface area (Å²) in [5.41, 5.74) is 4.63. The van der Waals surface area contributed by atoms with Crippen molar-refractivity contribution in [1.82, 2.24) is 14.3 Å². The lowest BCUT2D eigenvalue weighted by Gasteiger charge is -2.23. The number of rotatable bonds is 8. The van der Waals surface area contributed by atoms with E-state index in [0.29, 0.717) is 30.5 Å². The Labute approximate surface area is 193 Å². The minimum Gasteiger partial charge on any atom is -0.497 e. The molecule has 1 aliphatic rings. The lowest BCUT2D eigenvalue weighted by molar-refractivity contribution is 0.0729. The summed E-state index contributed by atoms with van der Waals surface area (Å²) in [4.78, 5) is 19.9. The van der Waals surface area contributed by atoms with Gasteiger partial charge >= 0.3 is 0 Å². The lowest BCUT2D eigenvalue weighted by atomic mass is 10.1. The molecule has 1 fully saturated rings. The van der Waals surface area contributed by atoms with Gasteiger partial charge in [0, 0.05) is 30.5 Å². The molecule has 0 N–H and O–H groups in total. The van der Waals surface area contributed by atoms with E-state index in [4.69, 9.17) is 9.47 Å². The molecule has 0 aliphatic heterocycles. The number of imidazole rings is 1. The van der Waals surface area contributed by atoms with Crippen LogP contribution in [-0.4, -0.2) is 33.3 Å². The molecule has 168 valence electrons. The topological polar surface area (TPSA) is 56.1 Å². The third-order valence-electron chi connectivity index (χ3n) is 5.88. The number of hydrogen-bond donors (Lipinski definition) is 0. The van der Waals surface area contributed by atoms with Crippen LogP contribution in [-0.2, 0) is 13.2 Å². The molecule has 1 amide bonds. The fourth-order valence-corrected chi connectivity index (χ4v) is 3.95. The molecule has 1 aliphatic carbocycles. The van der Waals surface area contributed by atoms with Gasteiger partial charge in [0.05, 0.1) is 12.8 Å². The summed E-state index contributed by atoms with van der Waals surface area (Å²) in [6.07, 6.45) is 6.11. The first-order valence-electron chi connectivity index (χ1n) is 11.2. The number of methoxy groups -OCH3 is 1. The van der Waals surface area contributed by atoms with E-state index in [-0.39, 0.29) is 5.91 Å². The van der Waals surface area contributed by atoms with Gasteiger partial charge in [0.2, 0.25) is 0 Å². The van der Waals surface area contributed by atoms with Crippen LogP contribution < -0.4 is 9.47 Å². The number of benzene rings is 2. The quantitative estimate of drug-likeness (QED) is 0.385. The Morgan fingerprint density at radius 2 is 1.88 bits per heavy atom. The zero-order valence-corrected chi connectivity index (χ0v) is 18.9. The molecular weight excluding hydrogens is 414 g/mol. The zero-order chi connectivity index (χ0) is 22.8. The van der Waals surface area contributed by atoms with Gasteiger partial charge in [-0.1, -0.05) is 24.3 Å². The van der Waals surface area contributed by atoms with Crippen molar-refractivity contribution in [3.8, 4) is 11.5 Å². The van der Waals surface area contributed by atoms with Gasteiger partial charge in [-0.15, -0.1) is 0 Å². The summed E-state index contributed by atoms with van der Waals surface area (Å²) in [6.45, 7) is 2.98. The Morgan fingerprint density at radius 1 is 1.06 bits per heavy atom. The van der Waals surface area contributed by atoms with Crippen LogP contribution in [0.25, 0.3) is 5.65 Å². The molecule has 6 nitrogen and oxygen atoms in total. The third-order valence-corrected chi connectivity index (χ3v) is 5.88. The Balaban J connectivity index is 1.28. The van der Waals surface area contributed by atoms with Gasteiger partial charge in [0.1, 0.15) is 23.8 Å². The van der Waals surface area contributed by atoms with E-state index >= 15 is 0 Å². The average Bonchev–Trinajstić information content (AvgIpc) is 3.60. The van der Waals surface area contributed by atoms with E-state index in [0.717, 1.165) is 35.5 Å². The average molecular weight is 442 g/mol. The standard InChI is InChI=1S/C27H27N3O3/c1-19-6-13-26-28-22(17-29(26)15-19)18-33-25-5-3-4-21(14-25)27(31)30(23-9-10-23)16-20-7-11-24(32-2)12-8-20/h3-8,11-15,17,23H,9-10,16,18H2,1-2H3. The highest BCUT2D eigenvalue weighted by molar-refractivity contribution is 5.95. The molecule has 0 radical (unpaired) electrons. The Kier molecular flexibility index (Phi) is 5.73. The van der Waals surface area contributed by atoms with Gasteiger partial charge in [-0.2, -0.15) is 0 Å². The number of amides is 1. The van der Waals surface area contributed by atoms with Crippen molar-refractivity contribution in [3.05, 3.63) is 95.4 Å². The van der Waals surface area contributed by atoms with Crippen LogP contribution in [0.5, 0.6) is 11.5 Å². The molecular formula is C27H27N3O3. The molecule has 0 bridgehead atoms. The highest BCUT2D eigenvalue weighted by atomic mass is 16.5. The Hall–Kier alpha value is -3.80. The van der Waals surface area contributed by atoms with Crippen LogP contribution >= 0.6 is 0 Å². The number of carbonyl (C=O) groups is 1. The first-order valence-corrected chi connectivity index (χ1v) is 11.2. The van der Waals surface area contributed by atoms with Gasteiger partial charge in [0.15, 0.2) is 0 Å². The van der Waals surface area contributed by atoms with E-state index in [1.807, 2.05) is 82.4 Å². The molecule has 4 aromatic rings. The van der Waals surface area contributed by atoms with Crippen LogP contribution in [0.3, 0.4) is 0 Å². The summed E-state index contributed by atoms with van der Waals surface area (Å²) in [7, 11) is 1.65. The van der Waals surface area contributed by atoms with Crippen molar-refractivity contribution in [2.24, 2.45) is 0 Å². The van der Waals surface area contributed by atoms with Crippen molar-refractivity contribution in [2.75, 3.05) is 7.11 Å². The minimum absolute atomic E-state index is 0.0296. The molecule has 2 aromatic heterocycles. The number of hydrogen-bond acceptors (Lipinski definition) is 4. The van der Waals surface area contributed by atoms with Crippen LogP contribution in [0.1, 0.15) is 40.0 Å². The van der Waals surface area contributed by atoms with Crippen molar-refractivity contribution in [2.45, 2.75) is 39.0 Å². The number of nitrogens with zero attached hydrogens (tertiary/aromatic N) is 3. The van der Waals surface area contributed by atoms with Gasteiger partial charge in [-0.3, -0.25) is 4.79 Å². The number of aromatic nitrogens is 2. The van der Waals surface area contributed by atoms with Crippen LogP contribution in [0, 0.1) is 6.92 Å². The molecule has 1 saturated carbocycles. The molecule has 2 heterocycles. The van der Waals surface area contributed by atoms with E-state index in [1.165, 1.54) is 5.56 Å². The second kappa shape index (κ2) is 8.98. The molecule has 0 saturated heterocycles. The highest BCUT2D eigenvalue weighted by Crippen LogP contribution is 2.31. The fourth-order valence-electron chi connectivity index (χ4n) is 3.95. The first-order chi connectivity index (χ1) is 16.1. The predicted octanol–water partition coefficient (Wildman–Crippen LogP) is 5.04. The summed E-state index contributed by atoms with van der Waals surface area (Å²) in [5, 5.41) is 0. The largest absolute Gasteiger partial charge is 0.497 e. The van der Waals surface area contributed by atoms with E-state index in [9.17, 15) is 4.79 Å². The monoisotopic (exact) mass is 441 g/mol.